The first-order valence-electron chi connectivity index (χ1n) is 8.58. The van der Waals surface area contributed by atoms with Crippen LogP contribution in [-0.2, 0) is 4.79 Å². The summed E-state index contributed by atoms with van der Waals surface area (Å²) in [6.07, 6.45) is 1.24. The molecular formula is C20H21ClN2O4. The first kappa shape index (κ1) is 19.0. The molecule has 0 aromatic heterocycles. The van der Waals surface area contributed by atoms with Gasteiger partial charge in [0.15, 0.2) is 11.5 Å². The van der Waals surface area contributed by atoms with Crippen molar-refractivity contribution in [3.05, 3.63) is 46.5 Å². The van der Waals surface area contributed by atoms with E-state index in [-0.39, 0.29) is 11.8 Å². The molecule has 0 radical (unpaired) electrons. The summed E-state index contributed by atoms with van der Waals surface area (Å²) in [5, 5.41) is 3.37. The number of aryl methyl sites for hydroxylation is 1. The fourth-order valence-corrected chi connectivity index (χ4v) is 3.29. The molecule has 1 aliphatic rings. The van der Waals surface area contributed by atoms with Crippen molar-refractivity contribution >= 4 is 34.8 Å². The lowest BCUT2D eigenvalue weighted by atomic mass is 10.1. The Morgan fingerprint density at radius 1 is 1.15 bits per heavy atom. The van der Waals surface area contributed by atoms with Crippen molar-refractivity contribution in [2.24, 2.45) is 0 Å². The van der Waals surface area contributed by atoms with Gasteiger partial charge in [0.1, 0.15) is 0 Å². The van der Waals surface area contributed by atoms with Gasteiger partial charge in [-0.1, -0.05) is 11.6 Å². The molecule has 1 fully saturated rings. The summed E-state index contributed by atoms with van der Waals surface area (Å²) in [5.41, 5.74) is 2.35. The molecule has 1 heterocycles. The molecule has 0 unspecified atom stereocenters. The van der Waals surface area contributed by atoms with E-state index in [1.54, 1.807) is 42.3 Å². The van der Waals surface area contributed by atoms with Crippen LogP contribution in [0.4, 0.5) is 11.4 Å². The summed E-state index contributed by atoms with van der Waals surface area (Å²) in [6.45, 7) is 2.44. The maximum atomic E-state index is 13.0. The third-order valence-electron chi connectivity index (χ3n) is 4.55. The number of rotatable bonds is 5. The zero-order valence-electron chi connectivity index (χ0n) is 15.5. The second-order valence-electron chi connectivity index (χ2n) is 6.29. The molecule has 142 valence electrons. The smallest absolute Gasteiger partial charge is 0.257 e. The summed E-state index contributed by atoms with van der Waals surface area (Å²) in [6, 6.07) is 8.43. The van der Waals surface area contributed by atoms with Crippen LogP contribution in [0.15, 0.2) is 30.3 Å². The van der Waals surface area contributed by atoms with Crippen LogP contribution in [0.3, 0.4) is 0 Å². The minimum absolute atomic E-state index is 0.00591. The number of benzene rings is 2. The Labute approximate surface area is 163 Å². The van der Waals surface area contributed by atoms with Crippen molar-refractivity contribution in [3.8, 4) is 11.5 Å². The molecule has 0 aliphatic carbocycles. The average molecular weight is 389 g/mol. The number of halogens is 1. The van der Waals surface area contributed by atoms with Gasteiger partial charge in [-0.2, -0.15) is 0 Å². The SMILES string of the molecule is COc1cc(C)c(NC(=O)c2ccc(Cl)cc2N2CCCC2=O)cc1OC. The first-order valence-corrected chi connectivity index (χ1v) is 8.96. The predicted octanol–water partition coefficient (Wildman–Crippen LogP) is 4.04. The summed E-state index contributed by atoms with van der Waals surface area (Å²) in [5.74, 6) is 0.776. The molecule has 1 aliphatic heterocycles. The molecule has 27 heavy (non-hydrogen) atoms. The maximum Gasteiger partial charge on any atom is 0.257 e. The van der Waals surface area contributed by atoms with Crippen LogP contribution in [0.2, 0.25) is 5.02 Å². The Morgan fingerprint density at radius 2 is 1.85 bits per heavy atom. The van der Waals surface area contributed by atoms with Crippen molar-refractivity contribution in [1.82, 2.24) is 0 Å². The normalized spacial score (nSPS) is 13.6. The van der Waals surface area contributed by atoms with Gasteiger partial charge in [0, 0.05) is 29.7 Å². The van der Waals surface area contributed by atoms with E-state index in [1.165, 1.54) is 7.11 Å². The number of methoxy groups -OCH3 is 2. The van der Waals surface area contributed by atoms with Crippen LogP contribution in [0, 0.1) is 6.92 Å². The van der Waals surface area contributed by atoms with Gasteiger partial charge in [-0.15, -0.1) is 0 Å². The number of anilines is 2. The molecule has 2 amide bonds. The zero-order chi connectivity index (χ0) is 19.6. The molecule has 2 aromatic carbocycles. The Hall–Kier alpha value is -2.73. The lowest BCUT2D eigenvalue weighted by molar-refractivity contribution is -0.117. The summed E-state index contributed by atoms with van der Waals surface area (Å²) < 4.78 is 10.6. The number of nitrogens with zero attached hydrogens (tertiary/aromatic N) is 1. The van der Waals surface area contributed by atoms with E-state index in [9.17, 15) is 9.59 Å². The Morgan fingerprint density at radius 3 is 2.48 bits per heavy atom. The highest BCUT2D eigenvalue weighted by molar-refractivity contribution is 6.31. The number of carbonyl (C=O) groups is 2. The lowest BCUT2D eigenvalue weighted by Crippen LogP contribution is -2.27. The van der Waals surface area contributed by atoms with Crippen LogP contribution >= 0.6 is 11.6 Å². The number of nitrogens with one attached hydrogen (secondary N) is 1. The molecule has 6 nitrogen and oxygen atoms in total. The maximum absolute atomic E-state index is 13.0. The van der Waals surface area contributed by atoms with Crippen molar-refractivity contribution in [2.45, 2.75) is 19.8 Å². The van der Waals surface area contributed by atoms with Gasteiger partial charge in [0.25, 0.3) is 5.91 Å². The van der Waals surface area contributed by atoms with E-state index >= 15 is 0 Å². The average Bonchev–Trinajstić information content (AvgIpc) is 3.08. The molecule has 0 saturated carbocycles. The molecule has 0 spiro atoms. The number of hydrogen-bond donors (Lipinski definition) is 1. The second-order valence-corrected chi connectivity index (χ2v) is 6.72. The van der Waals surface area contributed by atoms with E-state index in [1.807, 2.05) is 6.92 Å². The standard InChI is InChI=1S/C20H21ClN2O4/c1-12-9-17(26-2)18(27-3)11-15(12)22-20(25)14-7-6-13(21)10-16(14)23-8-4-5-19(23)24/h6-7,9-11H,4-5,8H2,1-3H3,(H,22,25). The van der Waals surface area contributed by atoms with Gasteiger partial charge >= 0.3 is 0 Å². The van der Waals surface area contributed by atoms with Gasteiger partial charge in [-0.3, -0.25) is 9.59 Å². The number of ether oxygens (including phenoxy) is 2. The fraction of sp³-hybridized carbons (Fsp3) is 0.300. The highest BCUT2D eigenvalue weighted by Crippen LogP contribution is 2.34. The van der Waals surface area contributed by atoms with Gasteiger partial charge in [-0.05, 0) is 43.2 Å². The zero-order valence-corrected chi connectivity index (χ0v) is 16.2. The van der Waals surface area contributed by atoms with Gasteiger partial charge in [-0.25, -0.2) is 0 Å². The molecule has 1 N–H and O–H groups in total. The van der Waals surface area contributed by atoms with E-state index in [2.05, 4.69) is 5.32 Å². The predicted molar refractivity (Wildman–Crippen MR) is 105 cm³/mol. The molecule has 3 rings (SSSR count). The van der Waals surface area contributed by atoms with Gasteiger partial charge < -0.3 is 19.7 Å². The number of amides is 2. The molecule has 1 saturated heterocycles. The highest BCUT2D eigenvalue weighted by Gasteiger charge is 2.26. The number of carbonyl (C=O) groups excluding carboxylic acids is 2. The van der Waals surface area contributed by atoms with Crippen LogP contribution in [0.5, 0.6) is 11.5 Å². The molecular weight excluding hydrogens is 368 g/mol. The van der Waals surface area contributed by atoms with Gasteiger partial charge in [0.2, 0.25) is 5.91 Å². The summed E-state index contributed by atoms with van der Waals surface area (Å²) in [7, 11) is 3.09. The van der Waals surface area contributed by atoms with Crippen LogP contribution in [-0.4, -0.2) is 32.6 Å². The lowest BCUT2D eigenvalue weighted by Gasteiger charge is -2.20. The van der Waals surface area contributed by atoms with Crippen molar-refractivity contribution in [1.29, 1.82) is 0 Å². The molecule has 2 aromatic rings. The number of hydrogen-bond acceptors (Lipinski definition) is 4. The molecule has 7 heteroatoms. The minimum atomic E-state index is -0.323. The van der Waals surface area contributed by atoms with Crippen molar-refractivity contribution in [2.75, 3.05) is 31.0 Å². The van der Waals surface area contributed by atoms with Gasteiger partial charge in [0.05, 0.1) is 25.5 Å². The van der Waals surface area contributed by atoms with Crippen LogP contribution in [0.25, 0.3) is 0 Å². The third-order valence-corrected chi connectivity index (χ3v) is 4.78. The Kier molecular flexibility index (Phi) is 5.56. The highest BCUT2D eigenvalue weighted by atomic mass is 35.5. The van der Waals surface area contributed by atoms with Crippen molar-refractivity contribution in [3.63, 3.8) is 0 Å². The first-order chi connectivity index (χ1) is 12.9. The Bertz CT molecular complexity index is 898. The van der Waals surface area contributed by atoms with E-state index in [0.717, 1.165) is 12.0 Å². The van der Waals surface area contributed by atoms with Crippen LogP contribution in [0.1, 0.15) is 28.8 Å². The van der Waals surface area contributed by atoms with E-state index in [4.69, 9.17) is 21.1 Å². The topological polar surface area (TPSA) is 67.9 Å². The summed E-state index contributed by atoms with van der Waals surface area (Å²) in [4.78, 5) is 26.7. The largest absolute Gasteiger partial charge is 0.493 e. The Balaban J connectivity index is 1.94. The van der Waals surface area contributed by atoms with E-state index in [0.29, 0.717) is 46.4 Å². The summed E-state index contributed by atoms with van der Waals surface area (Å²) >= 11 is 6.11. The minimum Gasteiger partial charge on any atom is -0.493 e. The molecule has 0 atom stereocenters. The second kappa shape index (κ2) is 7.88. The third kappa shape index (κ3) is 3.85. The molecule has 0 bridgehead atoms. The fourth-order valence-electron chi connectivity index (χ4n) is 3.13. The van der Waals surface area contributed by atoms with Crippen LogP contribution < -0.4 is 19.7 Å². The van der Waals surface area contributed by atoms with E-state index < -0.39 is 0 Å². The quantitative estimate of drug-likeness (QED) is 0.839. The monoisotopic (exact) mass is 388 g/mol. The van der Waals surface area contributed by atoms with Crippen molar-refractivity contribution < 1.29 is 19.1 Å².